The van der Waals surface area contributed by atoms with E-state index in [2.05, 4.69) is 4.99 Å². The highest BCUT2D eigenvalue weighted by molar-refractivity contribution is 5.85. The molecule has 0 saturated heterocycles. The third kappa shape index (κ3) is 1.80. The van der Waals surface area contributed by atoms with Crippen LogP contribution in [0.1, 0.15) is 13.3 Å². The van der Waals surface area contributed by atoms with Crippen molar-refractivity contribution in [2.24, 2.45) is 10.7 Å². The lowest BCUT2D eigenvalue weighted by molar-refractivity contribution is 0.522. The zero-order valence-corrected chi connectivity index (χ0v) is 7.33. The third-order valence-electron chi connectivity index (χ3n) is 1.88. The van der Waals surface area contributed by atoms with Gasteiger partial charge in [-0.15, -0.1) is 0 Å². The molecular formula is C8H15N3. The molecule has 1 atom stereocenters. The van der Waals surface area contributed by atoms with Crippen LogP contribution in [0.3, 0.4) is 0 Å². The third-order valence-corrected chi connectivity index (χ3v) is 1.88. The number of hydrogen-bond donors (Lipinski definition) is 1. The van der Waals surface area contributed by atoms with E-state index in [4.69, 9.17) is 5.73 Å². The Kier molecular flexibility index (Phi) is 2.00. The summed E-state index contributed by atoms with van der Waals surface area (Å²) in [5.41, 5.74) is 5.69. The Bertz CT molecular complexity index is 203. The Morgan fingerprint density at radius 3 is 2.82 bits per heavy atom. The van der Waals surface area contributed by atoms with Crippen LogP contribution >= 0.6 is 0 Å². The molecule has 0 aromatic heterocycles. The number of hydrogen-bond acceptors (Lipinski definition) is 2. The maximum Gasteiger partial charge on any atom is 0.104 e. The summed E-state index contributed by atoms with van der Waals surface area (Å²) in [6.45, 7) is 2.00. The summed E-state index contributed by atoms with van der Waals surface area (Å²) >= 11 is 0. The largest absolute Gasteiger partial charge is 0.340 e. The fourth-order valence-electron chi connectivity index (χ4n) is 1.13. The molecule has 3 heteroatoms. The Hall–Kier alpha value is -0.830. The van der Waals surface area contributed by atoms with Crippen molar-refractivity contribution < 1.29 is 0 Å². The van der Waals surface area contributed by atoms with Gasteiger partial charge >= 0.3 is 0 Å². The van der Waals surface area contributed by atoms with Gasteiger partial charge < -0.3 is 10.6 Å². The average molecular weight is 153 g/mol. The van der Waals surface area contributed by atoms with Gasteiger partial charge in [0.25, 0.3) is 0 Å². The summed E-state index contributed by atoms with van der Waals surface area (Å²) in [4.78, 5) is 6.13. The molecule has 0 saturated carbocycles. The van der Waals surface area contributed by atoms with E-state index in [0.29, 0.717) is 0 Å². The number of nitrogens with two attached hydrogens (primary N) is 1. The molecule has 0 spiro atoms. The normalized spacial score (nSPS) is 34.9. The Morgan fingerprint density at radius 2 is 2.36 bits per heavy atom. The predicted octanol–water partition coefficient (Wildman–Crippen LogP) is 0.581. The van der Waals surface area contributed by atoms with E-state index in [-0.39, 0.29) is 5.54 Å². The van der Waals surface area contributed by atoms with Gasteiger partial charge in [0.05, 0.1) is 0 Å². The van der Waals surface area contributed by atoms with Crippen molar-refractivity contribution in [2.75, 3.05) is 14.1 Å². The average Bonchev–Trinajstić information content (AvgIpc) is 1.94. The highest BCUT2D eigenvalue weighted by Crippen LogP contribution is 2.15. The van der Waals surface area contributed by atoms with E-state index < -0.39 is 0 Å². The zero-order valence-electron chi connectivity index (χ0n) is 7.33. The summed E-state index contributed by atoms with van der Waals surface area (Å²) < 4.78 is 0. The number of rotatable bonds is 0. The molecule has 2 N–H and O–H groups in total. The maximum atomic E-state index is 5.91. The molecule has 0 aliphatic carbocycles. The number of nitrogens with zero attached hydrogens (tertiary/aromatic N) is 2. The predicted molar refractivity (Wildman–Crippen MR) is 47.5 cm³/mol. The van der Waals surface area contributed by atoms with Crippen LogP contribution in [-0.2, 0) is 0 Å². The first-order valence-corrected chi connectivity index (χ1v) is 3.72. The molecule has 0 fully saturated rings. The van der Waals surface area contributed by atoms with Crippen molar-refractivity contribution in [3.05, 3.63) is 12.3 Å². The molecule has 1 aliphatic heterocycles. The summed E-state index contributed by atoms with van der Waals surface area (Å²) in [5.74, 6) is 1.04. The van der Waals surface area contributed by atoms with E-state index in [1.807, 2.05) is 31.1 Å². The van der Waals surface area contributed by atoms with Crippen LogP contribution in [0.5, 0.6) is 0 Å². The van der Waals surface area contributed by atoms with Crippen LogP contribution < -0.4 is 5.73 Å². The van der Waals surface area contributed by atoms with Gasteiger partial charge in [-0.3, -0.25) is 4.99 Å². The molecule has 1 rings (SSSR count). The summed E-state index contributed by atoms with van der Waals surface area (Å²) in [5, 5.41) is 0. The van der Waals surface area contributed by atoms with Crippen LogP contribution in [0.25, 0.3) is 0 Å². The summed E-state index contributed by atoms with van der Waals surface area (Å²) in [6.07, 6.45) is 4.78. The lowest BCUT2D eigenvalue weighted by Crippen LogP contribution is -2.43. The summed E-state index contributed by atoms with van der Waals surface area (Å²) in [7, 11) is 3.77. The van der Waals surface area contributed by atoms with Crippen LogP contribution in [0.4, 0.5) is 0 Å². The molecule has 62 valence electrons. The van der Waals surface area contributed by atoms with E-state index in [1.54, 1.807) is 7.05 Å². The highest BCUT2D eigenvalue weighted by atomic mass is 15.2. The van der Waals surface area contributed by atoms with Crippen LogP contribution in [0, 0.1) is 0 Å². The van der Waals surface area contributed by atoms with Gasteiger partial charge in [-0.05, 0) is 13.0 Å². The van der Waals surface area contributed by atoms with Gasteiger partial charge in [-0.2, -0.15) is 0 Å². The minimum absolute atomic E-state index is 0.221. The fourth-order valence-corrected chi connectivity index (χ4v) is 1.13. The fraction of sp³-hybridized carbons (Fsp3) is 0.625. The Labute approximate surface area is 67.6 Å². The van der Waals surface area contributed by atoms with Crippen molar-refractivity contribution >= 4 is 5.84 Å². The monoisotopic (exact) mass is 153 g/mol. The topological polar surface area (TPSA) is 41.6 Å². The van der Waals surface area contributed by atoms with E-state index in [0.717, 1.165) is 12.3 Å². The zero-order chi connectivity index (χ0) is 8.48. The number of aliphatic imine (C=N–C) groups is 1. The van der Waals surface area contributed by atoms with Gasteiger partial charge in [-0.1, -0.05) is 0 Å². The van der Waals surface area contributed by atoms with Crippen molar-refractivity contribution in [3.63, 3.8) is 0 Å². The highest BCUT2D eigenvalue weighted by Gasteiger charge is 2.23. The molecule has 0 bridgehead atoms. The van der Waals surface area contributed by atoms with Gasteiger partial charge in [0.1, 0.15) is 5.84 Å². The smallest absolute Gasteiger partial charge is 0.104 e. The van der Waals surface area contributed by atoms with E-state index >= 15 is 0 Å². The van der Waals surface area contributed by atoms with Crippen LogP contribution in [-0.4, -0.2) is 30.4 Å². The SMILES string of the molecule is CN=C1CC(C)(N)C=CN1C. The minimum atomic E-state index is -0.221. The summed E-state index contributed by atoms with van der Waals surface area (Å²) in [6, 6.07) is 0. The Balaban J connectivity index is 2.84. The molecule has 1 aliphatic rings. The van der Waals surface area contributed by atoms with E-state index in [9.17, 15) is 0 Å². The van der Waals surface area contributed by atoms with Crippen molar-refractivity contribution in [3.8, 4) is 0 Å². The second-order valence-electron chi connectivity index (χ2n) is 3.25. The molecule has 0 aromatic rings. The molecule has 1 heterocycles. The second kappa shape index (κ2) is 2.66. The first-order chi connectivity index (χ1) is 5.05. The van der Waals surface area contributed by atoms with Gasteiger partial charge in [0.2, 0.25) is 0 Å². The second-order valence-corrected chi connectivity index (χ2v) is 3.25. The molecule has 11 heavy (non-hydrogen) atoms. The standard InChI is InChI=1S/C8H15N3/c1-8(9)4-5-11(3)7(6-8)10-2/h4-5H,6,9H2,1-3H3. The van der Waals surface area contributed by atoms with Gasteiger partial charge in [-0.25, -0.2) is 0 Å². The Morgan fingerprint density at radius 1 is 1.73 bits per heavy atom. The molecule has 0 amide bonds. The minimum Gasteiger partial charge on any atom is -0.340 e. The maximum absolute atomic E-state index is 5.91. The van der Waals surface area contributed by atoms with Gasteiger partial charge in [0, 0.05) is 32.3 Å². The van der Waals surface area contributed by atoms with Crippen LogP contribution in [0.15, 0.2) is 17.3 Å². The molecule has 1 unspecified atom stereocenters. The first kappa shape index (κ1) is 8.27. The number of amidine groups is 1. The molecular weight excluding hydrogens is 138 g/mol. The quantitative estimate of drug-likeness (QED) is 0.553. The van der Waals surface area contributed by atoms with Gasteiger partial charge in [0.15, 0.2) is 0 Å². The van der Waals surface area contributed by atoms with Crippen LogP contribution in [0.2, 0.25) is 0 Å². The van der Waals surface area contributed by atoms with Crippen molar-refractivity contribution in [1.82, 2.24) is 4.90 Å². The van der Waals surface area contributed by atoms with E-state index in [1.165, 1.54) is 0 Å². The molecule has 0 radical (unpaired) electrons. The van der Waals surface area contributed by atoms with Crippen molar-refractivity contribution in [2.45, 2.75) is 18.9 Å². The molecule has 3 nitrogen and oxygen atoms in total. The lowest BCUT2D eigenvalue weighted by Gasteiger charge is -2.30. The molecule has 0 aromatic carbocycles. The first-order valence-electron chi connectivity index (χ1n) is 3.72. The van der Waals surface area contributed by atoms with Crippen molar-refractivity contribution in [1.29, 1.82) is 0 Å². The lowest BCUT2D eigenvalue weighted by atomic mass is 9.96.